The fourth-order valence-electron chi connectivity index (χ4n) is 3.49. The predicted molar refractivity (Wildman–Crippen MR) is 111 cm³/mol. The molecule has 0 aliphatic heterocycles. The SMILES string of the molecule is CCCCCCCCc1coc(-c2cc(CCCCCCCC)co2)c1. The molecule has 0 amide bonds. The van der Waals surface area contributed by atoms with Crippen LogP contribution in [0.5, 0.6) is 0 Å². The highest BCUT2D eigenvalue weighted by Gasteiger charge is 2.09. The molecular weight excluding hydrogens is 320 g/mol. The molecule has 0 aromatic carbocycles. The van der Waals surface area contributed by atoms with Gasteiger partial charge >= 0.3 is 0 Å². The van der Waals surface area contributed by atoms with Crippen molar-refractivity contribution in [3.05, 3.63) is 35.8 Å². The molecule has 0 aliphatic carbocycles. The van der Waals surface area contributed by atoms with Gasteiger partial charge < -0.3 is 8.83 Å². The molecule has 0 fully saturated rings. The first-order valence-electron chi connectivity index (χ1n) is 11.0. The average molecular weight is 359 g/mol. The van der Waals surface area contributed by atoms with E-state index >= 15 is 0 Å². The molecule has 2 aromatic rings. The molecule has 2 heterocycles. The first-order chi connectivity index (χ1) is 12.8. The highest BCUT2D eigenvalue weighted by Crippen LogP contribution is 2.26. The Morgan fingerprint density at radius 3 is 1.35 bits per heavy atom. The van der Waals surface area contributed by atoms with E-state index in [0.29, 0.717) is 0 Å². The summed E-state index contributed by atoms with van der Waals surface area (Å²) in [5.41, 5.74) is 2.59. The summed E-state index contributed by atoms with van der Waals surface area (Å²) in [7, 11) is 0. The largest absolute Gasteiger partial charge is 0.461 e. The van der Waals surface area contributed by atoms with Gasteiger partial charge in [0.2, 0.25) is 0 Å². The van der Waals surface area contributed by atoms with Crippen molar-refractivity contribution in [2.75, 3.05) is 0 Å². The van der Waals surface area contributed by atoms with E-state index in [1.54, 1.807) is 0 Å². The molecule has 2 nitrogen and oxygen atoms in total. The second-order valence-electron chi connectivity index (χ2n) is 7.67. The van der Waals surface area contributed by atoms with E-state index in [1.165, 1.54) is 88.2 Å². The van der Waals surface area contributed by atoms with E-state index in [4.69, 9.17) is 8.83 Å². The zero-order valence-corrected chi connectivity index (χ0v) is 17.0. The molecule has 0 spiro atoms. The summed E-state index contributed by atoms with van der Waals surface area (Å²) in [4.78, 5) is 0. The lowest BCUT2D eigenvalue weighted by molar-refractivity contribution is 0.521. The molecule has 2 aromatic heterocycles. The molecule has 0 saturated heterocycles. The summed E-state index contributed by atoms with van der Waals surface area (Å²) in [6.07, 6.45) is 22.0. The Morgan fingerprint density at radius 1 is 0.538 bits per heavy atom. The van der Waals surface area contributed by atoms with Crippen LogP contribution >= 0.6 is 0 Å². The van der Waals surface area contributed by atoms with E-state index in [-0.39, 0.29) is 0 Å². The third-order valence-electron chi connectivity index (χ3n) is 5.19. The Hall–Kier alpha value is -1.44. The van der Waals surface area contributed by atoms with Crippen molar-refractivity contribution >= 4 is 0 Å². The van der Waals surface area contributed by atoms with Crippen molar-refractivity contribution in [1.29, 1.82) is 0 Å². The van der Waals surface area contributed by atoms with Crippen LogP contribution in [0.25, 0.3) is 11.5 Å². The van der Waals surface area contributed by atoms with E-state index in [1.807, 2.05) is 12.5 Å². The van der Waals surface area contributed by atoms with Crippen LogP contribution in [0.15, 0.2) is 33.5 Å². The predicted octanol–water partition coefficient (Wildman–Crippen LogP) is 8.35. The van der Waals surface area contributed by atoms with Crippen LogP contribution in [0.1, 0.15) is 102 Å². The topological polar surface area (TPSA) is 26.3 Å². The van der Waals surface area contributed by atoms with E-state index in [2.05, 4.69) is 26.0 Å². The third kappa shape index (κ3) is 7.85. The Morgan fingerprint density at radius 2 is 0.923 bits per heavy atom. The van der Waals surface area contributed by atoms with Gasteiger partial charge in [-0.15, -0.1) is 0 Å². The Bertz CT molecular complexity index is 526. The van der Waals surface area contributed by atoms with Crippen molar-refractivity contribution in [3.63, 3.8) is 0 Å². The number of hydrogen-bond donors (Lipinski definition) is 0. The maximum atomic E-state index is 5.74. The fraction of sp³-hybridized carbons (Fsp3) is 0.667. The van der Waals surface area contributed by atoms with Crippen LogP contribution in [0, 0.1) is 0 Å². The van der Waals surface area contributed by atoms with Gasteiger partial charge in [0.1, 0.15) is 0 Å². The van der Waals surface area contributed by atoms with E-state index < -0.39 is 0 Å². The summed E-state index contributed by atoms with van der Waals surface area (Å²) in [5, 5.41) is 0. The van der Waals surface area contributed by atoms with Crippen LogP contribution in [-0.2, 0) is 12.8 Å². The van der Waals surface area contributed by atoms with Crippen molar-refractivity contribution in [2.45, 2.75) is 104 Å². The highest BCUT2D eigenvalue weighted by molar-refractivity contribution is 5.52. The van der Waals surface area contributed by atoms with Crippen LogP contribution in [-0.4, -0.2) is 0 Å². The van der Waals surface area contributed by atoms with Crippen molar-refractivity contribution in [1.82, 2.24) is 0 Å². The molecule has 146 valence electrons. The summed E-state index contributed by atoms with van der Waals surface area (Å²) in [6.45, 7) is 4.53. The minimum Gasteiger partial charge on any atom is -0.461 e. The Balaban J connectivity index is 1.67. The lowest BCUT2D eigenvalue weighted by atomic mass is 10.1. The lowest BCUT2D eigenvalue weighted by Crippen LogP contribution is -1.84. The summed E-state index contributed by atoms with van der Waals surface area (Å²) in [5.74, 6) is 1.75. The van der Waals surface area contributed by atoms with Crippen LogP contribution < -0.4 is 0 Å². The fourth-order valence-corrected chi connectivity index (χ4v) is 3.49. The molecule has 0 bridgehead atoms. The van der Waals surface area contributed by atoms with E-state index in [9.17, 15) is 0 Å². The van der Waals surface area contributed by atoms with Gasteiger partial charge in [-0.3, -0.25) is 0 Å². The van der Waals surface area contributed by atoms with Gasteiger partial charge in [0, 0.05) is 0 Å². The van der Waals surface area contributed by atoms with Gasteiger partial charge in [0.05, 0.1) is 12.5 Å². The monoisotopic (exact) mass is 358 g/mol. The molecule has 0 saturated carbocycles. The summed E-state index contributed by atoms with van der Waals surface area (Å²) < 4.78 is 11.5. The van der Waals surface area contributed by atoms with Gasteiger partial charge in [0.25, 0.3) is 0 Å². The van der Waals surface area contributed by atoms with Gasteiger partial charge in [-0.2, -0.15) is 0 Å². The molecule has 0 atom stereocenters. The molecule has 26 heavy (non-hydrogen) atoms. The molecule has 0 unspecified atom stereocenters. The van der Waals surface area contributed by atoms with Crippen LogP contribution in [0.2, 0.25) is 0 Å². The Kier molecular flexibility index (Phi) is 10.3. The van der Waals surface area contributed by atoms with E-state index in [0.717, 1.165) is 24.4 Å². The second kappa shape index (κ2) is 12.8. The zero-order chi connectivity index (χ0) is 18.5. The second-order valence-corrected chi connectivity index (χ2v) is 7.67. The van der Waals surface area contributed by atoms with Gasteiger partial charge in [-0.05, 0) is 48.9 Å². The van der Waals surface area contributed by atoms with Gasteiger partial charge in [0.15, 0.2) is 11.5 Å². The zero-order valence-electron chi connectivity index (χ0n) is 17.0. The molecular formula is C24H38O2. The number of furan rings is 2. The van der Waals surface area contributed by atoms with Crippen LogP contribution in [0.3, 0.4) is 0 Å². The number of hydrogen-bond acceptors (Lipinski definition) is 2. The lowest BCUT2D eigenvalue weighted by Gasteiger charge is -1.98. The number of unbranched alkanes of at least 4 members (excludes halogenated alkanes) is 10. The van der Waals surface area contributed by atoms with Crippen LogP contribution in [0.4, 0.5) is 0 Å². The Labute approximate surface area is 160 Å². The molecule has 0 aliphatic rings. The van der Waals surface area contributed by atoms with Crippen molar-refractivity contribution in [3.8, 4) is 11.5 Å². The van der Waals surface area contributed by atoms with Gasteiger partial charge in [-0.25, -0.2) is 0 Å². The first kappa shape index (κ1) is 20.9. The molecule has 0 radical (unpaired) electrons. The number of rotatable bonds is 15. The smallest absolute Gasteiger partial charge is 0.169 e. The average Bonchev–Trinajstić information content (AvgIpc) is 3.30. The minimum absolute atomic E-state index is 0.875. The number of aryl methyl sites for hydroxylation is 2. The quantitative estimate of drug-likeness (QED) is 0.299. The maximum absolute atomic E-state index is 5.74. The highest BCUT2D eigenvalue weighted by atomic mass is 16.4. The normalized spacial score (nSPS) is 11.3. The standard InChI is InChI=1S/C24H38O2/c1-3-5-7-9-11-13-15-21-17-23(25-19-21)24-18-22(20-26-24)16-14-12-10-8-6-4-2/h17-20H,3-16H2,1-2H3. The van der Waals surface area contributed by atoms with Gasteiger partial charge in [-0.1, -0.05) is 78.1 Å². The third-order valence-corrected chi connectivity index (χ3v) is 5.19. The summed E-state index contributed by atoms with van der Waals surface area (Å²) >= 11 is 0. The minimum atomic E-state index is 0.875. The molecule has 0 N–H and O–H groups in total. The van der Waals surface area contributed by atoms with Crippen molar-refractivity contribution < 1.29 is 8.83 Å². The molecule has 2 heteroatoms. The maximum Gasteiger partial charge on any atom is 0.169 e. The first-order valence-corrected chi connectivity index (χ1v) is 11.0. The summed E-state index contributed by atoms with van der Waals surface area (Å²) in [6, 6.07) is 4.30. The van der Waals surface area contributed by atoms with Crippen molar-refractivity contribution in [2.24, 2.45) is 0 Å². The molecule has 2 rings (SSSR count).